The number of benzene rings is 1. The summed E-state index contributed by atoms with van der Waals surface area (Å²) in [7, 11) is -4.23. The van der Waals surface area contributed by atoms with Crippen molar-refractivity contribution in [3.8, 4) is 0 Å². The second-order valence-corrected chi connectivity index (χ2v) is 11.6. The molecule has 1 saturated heterocycles. The predicted molar refractivity (Wildman–Crippen MR) is 143 cm³/mol. The predicted octanol–water partition coefficient (Wildman–Crippen LogP) is 3.24. The van der Waals surface area contributed by atoms with Crippen molar-refractivity contribution >= 4 is 42.3 Å². The summed E-state index contributed by atoms with van der Waals surface area (Å²) in [6.07, 6.45) is -5.44. The smallest absolute Gasteiger partial charge is 0.406 e. The molecule has 1 aromatic carbocycles. The van der Waals surface area contributed by atoms with E-state index in [2.05, 4.69) is 20.0 Å². The fraction of sp³-hybridized carbons (Fsp3) is 0.500. The molecule has 0 saturated carbocycles. The molecule has 0 aliphatic carbocycles. The number of carbonyl (C=O) groups excluding carboxylic acids is 1. The monoisotopic (exact) mass is 600 g/mol. The highest BCUT2D eigenvalue weighted by Gasteiger charge is 2.47. The van der Waals surface area contributed by atoms with Crippen LogP contribution in [-0.2, 0) is 34.5 Å². The number of ether oxygens (including phenoxy) is 2. The normalized spacial score (nSPS) is 23.4. The van der Waals surface area contributed by atoms with Crippen molar-refractivity contribution in [1.82, 2.24) is 24.6 Å². The van der Waals surface area contributed by atoms with Gasteiger partial charge in [-0.25, -0.2) is 19.0 Å². The first kappa shape index (κ1) is 30.3. The van der Waals surface area contributed by atoms with Gasteiger partial charge < -0.3 is 20.3 Å². The number of fused-ring (bicyclic) bond motifs is 1. The lowest BCUT2D eigenvalue weighted by Gasteiger charge is -2.25. The van der Waals surface area contributed by atoms with Crippen LogP contribution < -0.4 is 10.8 Å². The first-order valence-electron chi connectivity index (χ1n) is 12.4. The Kier molecular flexibility index (Phi) is 9.40. The van der Waals surface area contributed by atoms with Gasteiger partial charge in [0.05, 0.1) is 25.6 Å². The second-order valence-electron chi connectivity index (χ2n) is 9.53. The van der Waals surface area contributed by atoms with Crippen molar-refractivity contribution < 1.29 is 37.4 Å². The van der Waals surface area contributed by atoms with Crippen LogP contribution in [-0.4, -0.2) is 67.7 Å². The van der Waals surface area contributed by atoms with Crippen molar-refractivity contribution in [3.05, 3.63) is 47.0 Å². The summed E-state index contributed by atoms with van der Waals surface area (Å²) in [4.78, 5) is 24.3. The Morgan fingerprint density at radius 1 is 1.30 bits per heavy atom. The number of rotatable bonds is 11. The van der Waals surface area contributed by atoms with Crippen LogP contribution in [0.15, 0.2) is 30.6 Å². The maximum Gasteiger partial charge on any atom is 0.406 e. The molecule has 40 heavy (non-hydrogen) atoms. The third-order valence-electron chi connectivity index (χ3n) is 6.11. The lowest BCUT2D eigenvalue weighted by Crippen LogP contribution is -2.37. The zero-order valence-electron chi connectivity index (χ0n) is 22.2. The van der Waals surface area contributed by atoms with E-state index in [9.17, 15) is 14.5 Å². The number of imidazole rings is 1. The minimum atomic E-state index is -4.23. The van der Waals surface area contributed by atoms with Crippen LogP contribution in [0.5, 0.6) is 0 Å². The van der Waals surface area contributed by atoms with E-state index in [1.807, 2.05) is 19.1 Å². The number of aliphatic hydroxyl groups excluding tert-OH is 1. The number of alkyl halides is 1. The highest BCUT2D eigenvalue weighted by atomic mass is 35.5. The number of hydrogen-bond donors (Lipinski definition) is 3. The van der Waals surface area contributed by atoms with Gasteiger partial charge in [-0.15, -0.1) is 0 Å². The molecule has 13 nitrogen and oxygen atoms in total. The van der Waals surface area contributed by atoms with Gasteiger partial charge in [0.2, 0.25) is 5.28 Å². The van der Waals surface area contributed by atoms with Crippen molar-refractivity contribution in [1.29, 1.82) is 0 Å². The van der Waals surface area contributed by atoms with Crippen LogP contribution in [0, 0.1) is 6.92 Å². The van der Waals surface area contributed by atoms with E-state index in [-0.39, 0.29) is 28.9 Å². The molecule has 0 bridgehead atoms. The van der Waals surface area contributed by atoms with E-state index in [4.69, 9.17) is 35.9 Å². The molecule has 1 unspecified atom stereocenters. The number of nitrogens with zero attached hydrogens (tertiary/aromatic N) is 4. The van der Waals surface area contributed by atoms with E-state index < -0.39 is 57.1 Å². The number of aliphatic hydroxyl groups is 1. The largest absolute Gasteiger partial charge is 0.462 e. The minimum Gasteiger partial charge on any atom is -0.462 e. The topological polar surface area (TPSA) is 173 Å². The van der Waals surface area contributed by atoms with E-state index in [0.29, 0.717) is 0 Å². The van der Waals surface area contributed by atoms with Crippen molar-refractivity contribution in [2.75, 3.05) is 12.3 Å². The number of aromatic nitrogens is 4. The molecule has 3 aromatic rings. The number of esters is 1. The number of carbonyl (C=O) groups is 1. The first-order chi connectivity index (χ1) is 18.9. The molecule has 1 fully saturated rings. The van der Waals surface area contributed by atoms with Crippen molar-refractivity contribution in [2.45, 2.75) is 71.1 Å². The lowest BCUT2D eigenvalue weighted by molar-refractivity contribution is -0.149. The van der Waals surface area contributed by atoms with Gasteiger partial charge in [-0.2, -0.15) is 9.97 Å². The van der Waals surface area contributed by atoms with Crippen LogP contribution in [0.1, 0.15) is 38.1 Å². The molecule has 3 heterocycles. The molecule has 6 atom stereocenters. The van der Waals surface area contributed by atoms with Gasteiger partial charge in [0.15, 0.2) is 23.9 Å². The van der Waals surface area contributed by atoms with E-state index in [1.54, 1.807) is 26.0 Å². The van der Waals surface area contributed by atoms with Crippen molar-refractivity contribution in [2.24, 2.45) is 0 Å². The molecule has 1 aliphatic rings. The standard InChI is InChI=1S/C24H31ClFN6O7P/c1-12(2)38-23(34)14(4)31-40(35,36-9-15-8-6-5-7-13(15)3)37-10-16-19(33)17(26)22(39-16)32-11-28-18-20(27)29-24(25)30-21(18)32/h5-8,11-12,14,16-17,19,22,33H,9-10H2,1-4H3,(H,31,35)(H2,27,29,30)/t14-,16-,17?,19-,22-,40-/m1/s1. The molecule has 2 aromatic heterocycles. The Labute approximate surface area is 234 Å². The van der Waals surface area contributed by atoms with Gasteiger partial charge in [-0.1, -0.05) is 24.3 Å². The summed E-state index contributed by atoms with van der Waals surface area (Å²) in [5.74, 6) is -0.684. The summed E-state index contributed by atoms with van der Waals surface area (Å²) < 4.78 is 52.3. The number of halogens is 2. The molecule has 1 aliphatic heterocycles. The number of hydrogen-bond acceptors (Lipinski definition) is 11. The quantitative estimate of drug-likeness (QED) is 0.167. The Bertz CT molecular complexity index is 1410. The average Bonchev–Trinajstić information content (AvgIpc) is 3.42. The average molecular weight is 601 g/mol. The molecule has 218 valence electrons. The van der Waals surface area contributed by atoms with Crippen LogP contribution in [0.2, 0.25) is 5.28 Å². The highest BCUT2D eigenvalue weighted by molar-refractivity contribution is 7.51. The third kappa shape index (κ3) is 6.77. The molecule has 4 rings (SSSR count). The maximum atomic E-state index is 15.2. The van der Waals surface area contributed by atoms with Crippen LogP contribution in [0.25, 0.3) is 11.2 Å². The Morgan fingerprint density at radius 2 is 2.02 bits per heavy atom. The van der Waals surface area contributed by atoms with Crippen LogP contribution >= 0.6 is 19.3 Å². The highest BCUT2D eigenvalue weighted by Crippen LogP contribution is 2.47. The minimum absolute atomic E-state index is 0.00878. The first-order valence-corrected chi connectivity index (χ1v) is 14.4. The Morgan fingerprint density at radius 3 is 2.73 bits per heavy atom. The molecule has 0 radical (unpaired) electrons. The molecule has 0 spiro atoms. The maximum absolute atomic E-state index is 15.2. The molecular formula is C24H31ClFN6O7P. The van der Waals surface area contributed by atoms with Gasteiger partial charge in [0.1, 0.15) is 23.8 Å². The molecule has 16 heteroatoms. The van der Waals surface area contributed by atoms with E-state index >= 15 is 4.39 Å². The number of aryl methyl sites for hydroxylation is 1. The second kappa shape index (κ2) is 12.4. The number of nitrogen functional groups attached to an aromatic ring is 1. The molecule has 0 amide bonds. The van der Waals surface area contributed by atoms with Gasteiger partial charge in [0.25, 0.3) is 0 Å². The molecule has 4 N–H and O–H groups in total. The van der Waals surface area contributed by atoms with Crippen LogP contribution in [0.4, 0.5) is 10.2 Å². The number of anilines is 1. The van der Waals surface area contributed by atoms with Gasteiger partial charge in [0, 0.05) is 0 Å². The fourth-order valence-corrected chi connectivity index (χ4v) is 5.62. The lowest BCUT2D eigenvalue weighted by atomic mass is 10.1. The van der Waals surface area contributed by atoms with E-state index in [0.717, 1.165) is 11.1 Å². The van der Waals surface area contributed by atoms with Crippen molar-refractivity contribution in [3.63, 3.8) is 0 Å². The summed E-state index contributed by atoms with van der Waals surface area (Å²) >= 11 is 5.90. The zero-order chi connectivity index (χ0) is 29.2. The van der Waals surface area contributed by atoms with Gasteiger partial charge in [-0.05, 0) is 50.4 Å². The van der Waals surface area contributed by atoms with Crippen LogP contribution in [0.3, 0.4) is 0 Å². The summed E-state index contributed by atoms with van der Waals surface area (Å²) in [6, 6.07) is 6.21. The summed E-state index contributed by atoms with van der Waals surface area (Å²) in [6.45, 7) is 5.98. The van der Waals surface area contributed by atoms with Gasteiger partial charge >= 0.3 is 13.7 Å². The van der Waals surface area contributed by atoms with E-state index in [1.165, 1.54) is 17.8 Å². The fourth-order valence-electron chi connectivity index (χ4n) is 4.00. The van der Waals surface area contributed by atoms with Gasteiger partial charge in [-0.3, -0.25) is 18.4 Å². The third-order valence-corrected chi connectivity index (χ3v) is 7.94. The molecular weight excluding hydrogens is 570 g/mol. The SMILES string of the molecule is Cc1ccccc1CO[P@](=O)(N[C@H](C)C(=O)OC(C)C)OC[C@H]1O[C@@H](n2cnc3c(N)nc(Cl)nc32)C(F)[C@@H]1O. The Balaban J connectivity index is 1.50. The zero-order valence-corrected chi connectivity index (χ0v) is 23.9. The summed E-state index contributed by atoms with van der Waals surface area (Å²) in [5, 5.41) is 13.0. The Hall–Kier alpha value is -2.71. The summed E-state index contributed by atoms with van der Waals surface area (Å²) in [5.41, 5.74) is 7.72. The number of nitrogens with two attached hydrogens (primary N) is 1. The number of nitrogens with one attached hydrogen (secondary N) is 1.